The van der Waals surface area contributed by atoms with Gasteiger partial charge >= 0.3 is 12.1 Å². The van der Waals surface area contributed by atoms with E-state index < -0.39 is 40.0 Å². The molecule has 0 aromatic heterocycles. The van der Waals surface area contributed by atoms with Gasteiger partial charge in [-0.2, -0.15) is 21.6 Å². The Morgan fingerprint density at radius 3 is 2.25 bits per heavy atom. The molecule has 1 aliphatic rings. The van der Waals surface area contributed by atoms with Gasteiger partial charge in [-0.1, -0.05) is 0 Å². The number of carbonyl (C=O) groups excluding carboxylic acids is 1. The van der Waals surface area contributed by atoms with Crippen molar-refractivity contribution < 1.29 is 35.7 Å². The zero-order valence-electron chi connectivity index (χ0n) is 7.90. The molecule has 1 saturated carbocycles. The fourth-order valence-corrected chi connectivity index (χ4v) is 1.58. The Hall–Kier alpha value is -0.830. The van der Waals surface area contributed by atoms with Gasteiger partial charge in [0.15, 0.2) is 0 Å². The van der Waals surface area contributed by atoms with Gasteiger partial charge in [0.25, 0.3) is 10.1 Å². The van der Waals surface area contributed by atoms with Crippen LogP contribution >= 0.6 is 0 Å². The topological polar surface area (TPSA) is 80.7 Å². The van der Waals surface area contributed by atoms with Gasteiger partial charge in [-0.3, -0.25) is 9.35 Å². The molecule has 1 atom stereocenters. The van der Waals surface area contributed by atoms with Crippen LogP contribution in [-0.2, 0) is 19.6 Å². The maximum Gasteiger partial charge on any atom is 0.426 e. The number of hydrogen-bond acceptors (Lipinski definition) is 4. The SMILES string of the molecule is O=C(O[C@@H](CS(=O)(=O)O)C(F)(F)F)C1CC1. The molecule has 5 nitrogen and oxygen atoms in total. The maximum atomic E-state index is 12.2. The monoisotopic (exact) mass is 262 g/mol. The molecule has 0 unspecified atom stereocenters. The van der Waals surface area contributed by atoms with Crippen LogP contribution in [0.1, 0.15) is 12.8 Å². The second-order valence-electron chi connectivity index (χ2n) is 3.49. The molecule has 1 rings (SSSR count). The first-order valence-electron chi connectivity index (χ1n) is 4.32. The van der Waals surface area contributed by atoms with E-state index in [4.69, 9.17) is 4.55 Å². The van der Waals surface area contributed by atoms with Crippen LogP contribution in [0.4, 0.5) is 13.2 Å². The fourth-order valence-electron chi connectivity index (χ4n) is 0.942. The smallest absolute Gasteiger partial charge is 0.426 e. The van der Waals surface area contributed by atoms with E-state index in [1.807, 2.05) is 0 Å². The Morgan fingerprint density at radius 1 is 1.44 bits per heavy atom. The lowest BCUT2D eigenvalue weighted by atomic mass is 10.4. The lowest BCUT2D eigenvalue weighted by Crippen LogP contribution is -2.39. The highest BCUT2D eigenvalue weighted by Gasteiger charge is 2.47. The van der Waals surface area contributed by atoms with Crippen molar-refractivity contribution in [3.63, 3.8) is 0 Å². The number of halogens is 3. The number of hydrogen-bond donors (Lipinski definition) is 1. The van der Waals surface area contributed by atoms with Crippen LogP contribution in [-0.4, -0.2) is 37.0 Å². The summed E-state index contributed by atoms with van der Waals surface area (Å²) in [5.74, 6) is -3.33. The van der Waals surface area contributed by atoms with E-state index >= 15 is 0 Å². The van der Waals surface area contributed by atoms with Crippen LogP contribution in [0.3, 0.4) is 0 Å². The first kappa shape index (κ1) is 13.2. The average molecular weight is 262 g/mol. The van der Waals surface area contributed by atoms with Gasteiger partial charge in [-0.05, 0) is 12.8 Å². The molecule has 94 valence electrons. The molecule has 0 aromatic carbocycles. The Kier molecular flexibility index (Phi) is 3.48. The molecule has 0 radical (unpaired) electrons. The third kappa shape index (κ3) is 4.35. The van der Waals surface area contributed by atoms with Gasteiger partial charge in [-0.15, -0.1) is 0 Å². The summed E-state index contributed by atoms with van der Waals surface area (Å²) in [7, 11) is -4.85. The third-order valence-electron chi connectivity index (χ3n) is 1.90. The van der Waals surface area contributed by atoms with E-state index in [1.165, 1.54) is 0 Å². The molecule has 0 amide bonds. The molecule has 1 fully saturated rings. The van der Waals surface area contributed by atoms with Gasteiger partial charge in [0, 0.05) is 0 Å². The van der Waals surface area contributed by atoms with Gasteiger partial charge in [0.05, 0.1) is 5.92 Å². The summed E-state index contributed by atoms with van der Waals surface area (Å²) in [4.78, 5) is 10.9. The van der Waals surface area contributed by atoms with E-state index in [0.29, 0.717) is 12.8 Å². The molecule has 0 aromatic rings. The van der Waals surface area contributed by atoms with E-state index in [-0.39, 0.29) is 0 Å². The molecular weight excluding hydrogens is 253 g/mol. The number of ether oxygens (including phenoxy) is 1. The van der Waals surface area contributed by atoms with E-state index in [0.717, 1.165) is 0 Å². The summed E-state index contributed by atoms with van der Waals surface area (Å²) >= 11 is 0. The molecule has 1 N–H and O–H groups in total. The second kappa shape index (κ2) is 4.21. The molecule has 9 heteroatoms. The van der Waals surface area contributed by atoms with Crippen molar-refractivity contribution in [3.05, 3.63) is 0 Å². The summed E-state index contributed by atoms with van der Waals surface area (Å²) < 4.78 is 69.7. The van der Waals surface area contributed by atoms with Crippen molar-refractivity contribution in [2.75, 3.05) is 5.75 Å². The predicted molar refractivity (Wildman–Crippen MR) is 45.1 cm³/mol. The summed E-state index contributed by atoms with van der Waals surface area (Å²) in [6, 6.07) is 0. The largest absolute Gasteiger partial charge is 0.451 e. The number of alkyl halides is 3. The zero-order valence-corrected chi connectivity index (χ0v) is 8.71. The Labute approximate surface area is 89.3 Å². The van der Waals surface area contributed by atoms with Crippen LogP contribution < -0.4 is 0 Å². The minimum absolute atomic E-state index is 0.440. The first-order valence-corrected chi connectivity index (χ1v) is 5.93. The van der Waals surface area contributed by atoms with E-state index in [1.54, 1.807) is 0 Å². The molecule has 0 saturated heterocycles. The first-order chi connectivity index (χ1) is 7.09. The number of rotatable bonds is 4. The predicted octanol–water partition coefficient (Wildman–Crippen LogP) is 0.758. The van der Waals surface area contributed by atoms with Crippen molar-refractivity contribution in [1.82, 2.24) is 0 Å². The summed E-state index contributed by atoms with van der Waals surface area (Å²) in [5.41, 5.74) is 0. The van der Waals surface area contributed by atoms with Crippen LogP contribution in [0.25, 0.3) is 0 Å². The number of esters is 1. The maximum absolute atomic E-state index is 12.2. The third-order valence-corrected chi connectivity index (χ3v) is 2.62. The summed E-state index contributed by atoms with van der Waals surface area (Å²) in [5, 5.41) is 0. The van der Waals surface area contributed by atoms with E-state index in [2.05, 4.69) is 4.74 Å². The molecule has 0 spiro atoms. The molecule has 16 heavy (non-hydrogen) atoms. The van der Waals surface area contributed by atoms with Crippen molar-refractivity contribution in [2.45, 2.75) is 25.1 Å². The van der Waals surface area contributed by atoms with Crippen LogP contribution in [0.15, 0.2) is 0 Å². The minimum atomic E-state index is -5.01. The molecule has 1 aliphatic carbocycles. The summed E-state index contributed by atoms with van der Waals surface area (Å²) in [6.07, 6.45) is -6.94. The number of carbonyl (C=O) groups is 1. The highest BCUT2D eigenvalue weighted by atomic mass is 32.2. The second-order valence-corrected chi connectivity index (χ2v) is 4.99. The Balaban J connectivity index is 2.67. The standard InChI is InChI=1S/C7H9F3O5S/c8-7(9,10)5(3-16(12,13)14)15-6(11)4-1-2-4/h4-5H,1-3H2,(H,12,13,14)/t5-/m0/s1. The van der Waals surface area contributed by atoms with Crippen molar-refractivity contribution in [1.29, 1.82) is 0 Å². The van der Waals surface area contributed by atoms with Gasteiger partial charge in [-0.25, -0.2) is 0 Å². The van der Waals surface area contributed by atoms with Crippen molar-refractivity contribution >= 4 is 16.1 Å². The average Bonchev–Trinajstić information content (AvgIpc) is 2.79. The minimum Gasteiger partial charge on any atom is -0.451 e. The summed E-state index contributed by atoms with van der Waals surface area (Å²) in [6.45, 7) is 0. The van der Waals surface area contributed by atoms with Gasteiger partial charge < -0.3 is 4.74 Å². The van der Waals surface area contributed by atoms with E-state index in [9.17, 15) is 26.4 Å². The lowest BCUT2D eigenvalue weighted by molar-refractivity contribution is -0.216. The van der Waals surface area contributed by atoms with Crippen LogP contribution in [0.5, 0.6) is 0 Å². The van der Waals surface area contributed by atoms with Crippen LogP contribution in [0, 0.1) is 5.92 Å². The molecule has 0 bridgehead atoms. The quantitative estimate of drug-likeness (QED) is 0.597. The molecule has 0 heterocycles. The van der Waals surface area contributed by atoms with Gasteiger partial charge in [0.1, 0.15) is 5.75 Å². The molecular formula is C7H9F3O5S. The highest BCUT2D eigenvalue weighted by molar-refractivity contribution is 7.85. The van der Waals surface area contributed by atoms with Crippen molar-refractivity contribution in [2.24, 2.45) is 5.92 Å². The molecule has 0 aliphatic heterocycles. The Bertz CT molecular complexity index is 370. The Morgan fingerprint density at radius 2 is 1.94 bits per heavy atom. The fraction of sp³-hybridized carbons (Fsp3) is 0.857. The van der Waals surface area contributed by atoms with Gasteiger partial charge in [0.2, 0.25) is 6.10 Å². The van der Waals surface area contributed by atoms with Crippen molar-refractivity contribution in [3.8, 4) is 0 Å². The van der Waals surface area contributed by atoms with Crippen LogP contribution in [0.2, 0.25) is 0 Å². The highest BCUT2D eigenvalue weighted by Crippen LogP contribution is 2.33. The zero-order chi connectivity index (χ0) is 12.6. The normalized spacial score (nSPS) is 19.2. The lowest BCUT2D eigenvalue weighted by Gasteiger charge is -2.19.